The quantitative estimate of drug-likeness (QED) is 0.657. The number of carboxylic acids is 1. The average Bonchev–Trinajstić information content (AvgIpc) is 2.56. The standard InChI is InChI=1S/C19H25NO3/c1-2-3-4-5-6-7-8-18(21)15-10-9-14-11-12-16(19(22)23)20-17(14)13-15/h9-13,18,21H,2-8H2,1H3,(H,22,23). The molecule has 0 aliphatic heterocycles. The average molecular weight is 315 g/mol. The first-order chi connectivity index (χ1) is 11.1. The van der Waals surface area contributed by atoms with Crippen molar-refractivity contribution >= 4 is 16.9 Å². The first-order valence-corrected chi connectivity index (χ1v) is 8.44. The molecule has 1 heterocycles. The Morgan fingerprint density at radius 2 is 1.78 bits per heavy atom. The number of aliphatic hydroxyl groups excluding tert-OH is 1. The summed E-state index contributed by atoms with van der Waals surface area (Å²) in [5, 5.41) is 20.2. The van der Waals surface area contributed by atoms with Crippen molar-refractivity contribution in [2.45, 2.75) is 58.0 Å². The van der Waals surface area contributed by atoms with Crippen LogP contribution in [-0.2, 0) is 0 Å². The number of pyridine rings is 1. The van der Waals surface area contributed by atoms with Crippen molar-refractivity contribution in [3.63, 3.8) is 0 Å². The predicted octanol–water partition coefficient (Wildman–Crippen LogP) is 4.72. The molecule has 0 amide bonds. The Labute approximate surface area is 137 Å². The summed E-state index contributed by atoms with van der Waals surface area (Å²) in [5.74, 6) is -1.04. The van der Waals surface area contributed by atoms with Crippen LogP contribution in [0.15, 0.2) is 30.3 Å². The molecule has 2 N–H and O–H groups in total. The number of carbonyl (C=O) groups is 1. The first kappa shape index (κ1) is 17.4. The molecule has 2 aromatic rings. The van der Waals surface area contributed by atoms with Gasteiger partial charge in [0.25, 0.3) is 0 Å². The van der Waals surface area contributed by atoms with Gasteiger partial charge in [0.1, 0.15) is 5.69 Å². The molecule has 0 radical (unpaired) electrons. The second kappa shape index (κ2) is 8.63. The SMILES string of the molecule is CCCCCCCCC(O)c1ccc2ccc(C(=O)O)nc2c1. The molecule has 0 spiro atoms. The van der Waals surface area contributed by atoms with Gasteiger partial charge in [0.2, 0.25) is 0 Å². The van der Waals surface area contributed by atoms with Gasteiger partial charge in [-0.1, -0.05) is 63.6 Å². The highest BCUT2D eigenvalue weighted by Gasteiger charge is 2.10. The third kappa shape index (κ3) is 5.03. The molecule has 0 aliphatic carbocycles. The number of rotatable bonds is 9. The van der Waals surface area contributed by atoms with Gasteiger partial charge in [-0.25, -0.2) is 9.78 Å². The van der Waals surface area contributed by atoms with Crippen molar-refractivity contribution in [3.05, 3.63) is 41.6 Å². The van der Waals surface area contributed by atoms with Crippen LogP contribution in [0.25, 0.3) is 10.9 Å². The summed E-state index contributed by atoms with van der Waals surface area (Å²) in [4.78, 5) is 15.1. The van der Waals surface area contributed by atoms with Crippen LogP contribution < -0.4 is 0 Å². The summed E-state index contributed by atoms with van der Waals surface area (Å²) in [7, 11) is 0. The molecule has 1 aromatic heterocycles. The van der Waals surface area contributed by atoms with Crippen LogP contribution in [0.1, 0.15) is 74.0 Å². The first-order valence-electron chi connectivity index (χ1n) is 8.44. The maximum Gasteiger partial charge on any atom is 0.354 e. The Morgan fingerprint density at radius 1 is 1.09 bits per heavy atom. The Balaban J connectivity index is 1.97. The molecule has 4 nitrogen and oxygen atoms in total. The van der Waals surface area contributed by atoms with E-state index in [1.54, 1.807) is 12.1 Å². The molecule has 0 saturated heterocycles. The van der Waals surface area contributed by atoms with Crippen molar-refractivity contribution in [3.8, 4) is 0 Å². The fourth-order valence-electron chi connectivity index (χ4n) is 2.75. The molecule has 1 atom stereocenters. The number of aromatic nitrogens is 1. The van der Waals surface area contributed by atoms with Crippen LogP contribution in [-0.4, -0.2) is 21.2 Å². The van der Waals surface area contributed by atoms with Gasteiger partial charge in [0.05, 0.1) is 11.6 Å². The van der Waals surface area contributed by atoms with Crippen molar-refractivity contribution in [1.29, 1.82) is 0 Å². The van der Waals surface area contributed by atoms with Crippen LogP contribution in [0.4, 0.5) is 0 Å². The normalized spacial score (nSPS) is 12.4. The minimum atomic E-state index is -1.04. The van der Waals surface area contributed by atoms with Crippen LogP contribution in [0.2, 0.25) is 0 Å². The minimum absolute atomic E-state index is 0.0278. The summed E-state index contributed by atoms with van der Waals surface area (Å²) in [6.07, 6.45) is 7.39. The van der Waals surface area contributed by atoms with Gasteiger partial charge in [-0.15, -0.1) is 0 Å². The molecule has 23 heavy (non-hydrogen) atoms. The highest BCUT2D eigenvalue weighted by molar-refractivity contribution is 5.89. The van der Waals surface area contributed by atoms with E-state index < -0.39 is 12.1 Å². The van der Waals surface area contributed by atoms with Gasteiger partial charge in [-0.2, -0.15) is 0 Å². The zero-order chi connectivity index (χ0) is 16.7. The number of fused-ring (bicyclic) bond motifs is 1. The fraction of sp³-hybridized carbons (Fsp3) is 0.474. The number of hydrogen-bond donors (Lipinski definition) is 2. The molecular weight excluding hydrogens is 290 g/mol. The highest BCUT2D eigenvalue weighted by atomic mass is 16.4. The lowest BCUT2D eigenvalue weighted by atomic mass is 10.0. The third-order valence-corrected chi connectivity index (χ3v) is 4.15. The van der Waals surface area contributed by atoms with Gasteiger partial charge < -0.3 is 10.2 Å². The maximum atomic E-state index is 11.0. The Morgan fingerprint density at radius 3 is 2.52 bits per heavy atom. The summed E-state index contributed by atoms with van der Waals surface area (Å²) in [6, 6.07) is 8.82. The van der Waals surface area contributed by atoms with Gasteiger partial charge >= 0.3 is 5.97 Å². The Hall–Kier alpha value is -1.94. The predicted molar refractivity (Wildman–Crippen MR) is 91.7 cm³/mol. The number of aliphatic hydroxyl groups is 1. The number of nitrogens with zero attached hydrogens (tertiary/aromatic N) is 1. The second-order valence-electron chi connectivity index (χ2n) is 6.03. The molecule has 0 saturated carbocycles. The molecule has 0 bridgehead atoms. The van der Waals surface area contributed by atoms with E-state index in [1.165, 1.54) is 31.7 Å². The molecule has 2 rings (SSSR count). The van der Waals surface area contributed by atoms with E-state index in [1.807, 2.05) is 12.1 Å². The summed E-state index contributed by atoms with van der Waals surface area (Å²) < 4.78 is 0. The number of benzene rings is 1. The van der Waals surface area contributed by atoms with Gasteiger partial charge in [-0.3, -0.25) is 0 Å². The fourth-order valence-corrected chi connectivity index (χ4v) is 2.75. The highest BCUT2D eigenvalue weighted by Crippen LogP contribution is 2.24. The van der Waals surface area contributed by atoms with Gasteiger partial charge in [0.15, 0.2) is 0 Å². The van der Waals surface area contributed by atoms with Crippen LogP contribution in [0, 0.1) is 0 Å². The van der Waals surface area contributed by atoms with Crippen molar-refractivity contribution < 1.29 is 15.0 Å². The van der Waals surface area contributed by atoms with E-state index in [4.69, 9.17) is 5.11 Å². The number of unbranched alkanes of at least 4 members (excludes halogenated alkanes) is 5. The minimum Gasteiger partial charge on any atom is -0.477 e. The Bertz CT molecular complexity index is 654. The van der Waals surface area contributed by atoms with Crippen LogP contribution in [0.3, 0.4) is 0 Å². The van der Waals surface area contributed by atoms with E-state index in [0.717, 1.165) is 30.2 Å². The number of carboxylic acid groups (broad SMARTS) is 1. The van der Waals surface area contributed by atoms with Crippen molar-refractivity contribution in [2.75, 3.05) is 0 Å². The lowest BCUT2D eigenvalue weighted by molar-refractivity contribution is 0.0691. The van der Waals surface area contributed by atoms with Gasteiger partial charge in [-0.05, 0) is 24.1 Å². The molecule has 4 heteroatoms. The van der Waals surface area contributed by atoms with Crippen molar-refractivity contribution in [2.24, 2.45) is 0 Å². The zero-order valence-corrected chi connectivity index (χ0v) is 13.7. The van der Waals surface area contributed by atoms with E-state index in [0.29, 0.717) is 5.52 Å². The van der Waals surface area contributed by atoms with Crippen molar-refractivity contribution in [1.82, 2.24) is 4.98 Å². The lowest BCUT2D eigenvalue weighted by Gasteiger charge is -2.12. The topological polar surface area (TPSA) is 70.4 Å². The summed E-state index contributed by atoms with van der Waals surface area (Å²) >= 11 is 0. The number of aromatic carboxylic acids is 1. The maximum absolute atomic E-state index is 11.0. The second-order valence-corrected chi connectivity index (χ2v) is 6.03. The van der Waals surface area contributed by atoms with E-state index >= 15 is 0 Å². The third-order valence-electron chi connectivity index (χ3n) is 4.15. The Kier molecular flexibility index (Phi) is 6.53. The molecule has 0 fully saturated rings. The molecule has 1 unspecified atom stereocenters. The monoisotopic (exact) mass is 315 g/mol. The molecule has 0 aliphatic rings. The summed E-state index contributed by atoms with van der Waals surface area (Å²) in [6.45, 7) is 2.20. The number of hydrogen-bond acceptors (Lipinski definition) is 3. The van der Waals surface area contributed by atoms with Crippen LogP contribution in [0.5, 0.6) is 0 Å². The zero-order valence-electron chi connectivity index (χ0n) is 13.7. The van der Waals surface area contributed by atoms with Crippen LogP contribution >= 0.6 is 0 Å². The molecule has 124 valence electrons. The summed E-state index contributed by atoms with van der Waals surface area (Å²) in [5.41, 5.74) is 1.45. The molecule has 1 aromatic carbocycles. The van der Waals surface area contributed by atoms with Gasteiger partial charge in [0, 0.05) is 5.39 Å². The van der Waals surface area contributed by atoms with E-state index in [9.17, 15) is 9.90 Å². The molecular formula is C19H25NO3. The van der Waals surface area contributed by atoms with E-state index in [2.05, 4.69) is 11.9 Å². The lowest BCUT2D eigenvalue weighted by Crippen LogP contribution is -2.01. The van der Waals surface area contributed by atoms with E-state index in [-0.39, 0.29) is 5.69 Å². The smallest absolute Gasteiger partial charge is 0.354 e. The largest absolute Gasteiger partial charge is 0.477 e.